The van der Waals surface area contributed by atoms with Gasteiger partial charge in [-0.3, -0.25) is 9.69 Å². The molecule has 7 nitrogen and oxygen atoms in total. The first kappa shape index (κ1) is 24.5. The topological polar surface area (TPSA) is 83.0 Å². The molecule has 3 heterocycles. The van der Waals surface area contributed by atoms with Crippen LogP contribution in [0.3, 0.4) is 0 Å². The van der Waals surface area contributed by atoms with E-state index >= 15 is 0 Å². The van der Waals surface area contributed by atoms with E-state index in [9.17, 15) is 18.0 Å². The highest BCUT2D eigenvalue weighted by Gasteiger charge is 2.44. The van der Waals surface area contributed by atoms with E-state index in [0.717, 1.165) is 62.6 Å². The molecule has 1 spiro atoms. The van der Waals surface area contributed by atoms with Crippen molar-refractivity contribution in [1.29, 1.82) is 0 Å². The number of rotatable bonds is 5. The van der Waals surface area contributed by atoms with E-state index < -0.39 is 12.1 Å². The zero-order chi connectivity index (χ0) is 22.4. The van der Waals surface area contributed by atoms with Crippen molar-refractivity contribution in [3.8, 4) is 0 Å². The Morgan fingerprint density at radius 2 is 2.03 bits per heavy atom. The first-order chi connectivity index (χ1) is 14.1. The van der Waals surface area contributed by atoms with Crippen LogP contribution in [0.1, 0.15) is 42.8 Å². The molecule has 3 rings (SSSR count). The highest BCUT2D eigenvalue weighted by atomic mass is 32.1. The Balaban J connectivity index is 0.000000396. The fourth-order valence-corrected chi connectivity index (χ4v) is 4.73. The maximum atomic E-state index is 12.5. The summed E-state index contributed by atoms with van der Waals surface area (Å²) in [5, 5.41) is 10.4. The Bertz CT molecular complexity index is 724. The second-order valence-corrected chi connectivity index (χ2v) is 8.65. The minimum atomic E-state index is -5.08. The SMILES string of the molecule is COCCN1C(=O)CCCC12CCCN(Cc1csc(C)n1)C2.O=C(O)C(F)(F)F. The van der Waals surface area contributed by atoms with Crippen molar-refractivity contribution in [3.63, 3.8) is 0 Å². The Kier molecular flexibility index (Phi) is 8.62. The van der Waals surface area contributed by atoms with Crippen LogP contribution in [0.4, 0.5) is 13.2 Å². The molecular formula is C19H28F3N3O4S. The number of alkyl halides is 3. The van der Waals surface area contributed by atoms with Crippen LogP contribution in [0.25, 0.3) is 0 Å². The molecule has 1 N–H and O–H groups in total. The molecule has 30 heavy (non-hydrogen) atoms. The second kappa shape index (κ2) is 10.5. The van der Waals surface area contributed by atoms with Gasteiger partial charge in [-0.2, -0.15) is 13.2 Å². The summed E-state index contributed by atoms with van der Waals surface area (Å²) in [7, 11) is 1.71. The Morgan fingerprint density at radius 3 is 2.60 bits per heavy atom. The average Bonchev–Trinajstić information content (AvgIpc) is 3.06. The number of hydrogen-bond acceptors (Lipinski definition) is 6. The third kappa shape index (κ3) is 6.64. The number of piperidine rings is 2. The molecule has 0 aromatic carbocycles. The molecule has 2 saturated heterocycles. The molecule has 2 fully saturated rings. The standard InChI is InChI=1S/C17H27N3O2S.C2HF3O2/c1-14-18-15(12-23-14)11-19-8-4-7-17(13-19)6-3-5-16(21)20(17)9-10-22-2;3-2(4,5)1(6)7/h12H,3-11,13H2,1-2H3;(H,6,7). The molecule has 2 aliphatic heterocycles. The Morgan fingerprint density at radius 1 is 1.37 bits per heavy atom. The molecule has 1 atom stereocenters. The number of aryl methyl sites for hydroxylation is 1. The monoisotopic (exact) mass is 451 g/mol. The summed E-state index contributed by atoms with van der Waals surface area (Å²) in [5.74, 6) is -2.45. The summed E-state index contributed by atoms with van der Waals surface area (Å²) < 4.78 is 37.0. The molecule has 0 saturated carbocycles. The Labute approximate surface area is 177 Å². The number of ether oxygens (including phenoxy) is 1. The minimum Gasteiger partial charge on any atom is -0.475 e. The highest BCUT2D eigenvalue weighted by molar-refractivity contribution is 7.09. The van der Waals surface area contributed by atoms with Gasteiger partial charge in [-0.05, 0) is 39.2 Å². The number of hydrogen-bond donors (Lipinski definition) is 1. The number of aromatic nitrogens is 1. The number of carboxylic acid groups (broad SMARTS) is 1. The first-order valence-corrected chi connectivity index (χ1v) is 10.7. The van der Waals surface area contributed by atoms with Gasteiger partial charge in [-0.1, -0.05) is 0 Å². The van der Waals surface area contributed by atoms with Crippen LogP contribution in [-0.4, -0.2) is 76.8 Å². The van der Waals surface area contributed by atoms with Gasteiger partial charge in [0.15, 0.2) is 0 Å². The maximum Gasteiger partial charge on any atom is 0.490 e. The van der Waals surface area contributed by atoms with Crippen LogP contribution in [0.5, 0.6) is 0 Å². The zero-order valence-corrected chi connectivity index (χ0v) is 18.0. The van der Waals surface area contributed by atoms with Crippen LogP contribution in [-0.2, 0) is 20.9 Å². The van der Waals surface area contributed by atoms with Crippen molar-refractivity contribution in [2.24, 2.45) is 0 Å². The van der Waals surface area contributed by atoms with Gasteiger partial charge in [-0.15, -0.1) is 11.3 Å². The molecule has 2 aliphatic rings. The lowest BCUT2D eigenvalue weighted by atomic mass is 9.79. The number of likely N-dealkylation sites (tertiary alicyclic amines) is 2. The lowest BCUT2D eigenvalue weighted by molar-refractivity contribution is -0.192. The van der Waals surface area contributed by atoms with E-state index in [-0.39, 0.29) is 5.54 Å². The third-order valence-electron chi connectivity index (χ3n) is 5.35. The quantitative estimate of drug-likeness (QED) is 0.741. The molecule has 1 aromatic rings. The number of nitrogens with zero attached hydrogens (tertiary/aromatic N) is 3. The summed E-state index contributed by atoms with van der Waals surface area (Å²) in [6.07, 6.45) is 0.0205. The van der Waals surface area contributed by atoms with Crippen LogP contribution < -0.4 is 0 Å². The molecule has 0 radical (unpaired) electrons. The summed E-state index contributed by atoms with van der Waals surface area (Å²) in [6.45, 7) is 6.37. The molecule has 0 bridgehead atoms. The van der Waals surface area contributed by atoms with Gasteiger partial charge in [-0.25, -0.2) is 9.78 Å². The van der Waals surface area contributed by atoms with Crippen molar-refractivity contribution in [2.75, 3.05) is 33.4 Å². The van der Waals surface area contributed by atoms with E-state index in [0.29, 0.717) is 18.9 Å². The van der Waals surface area contributed by atoms with Gasteiger partial charge in [0.1, 0.15) is 0 Å². The summed E-state index contributed by atoms with van der Waals surface area (Å²) in [6, 6.07) is 0. The zero-order valence-electron chi connectivity index (χ0n) is 17.2. The number of carbonyl (C=O) groups excluding carboxylic acids is 1. The van der Waals surface area contributed by atoms with Gasteiger partial charge in [0, 0.05) is 38.5 Å². The molecule has 1 unspecified atom stereocenters. The maximum absolute atomic E-state index is 12.5. The number of methoxy groups -OCH3 is 1. The largest absolute Gasteiger partial charge is 0.490 e. The average molecular weight is 452 g/mol. The smallest absolute Gasteiger partial charge is 0.475 e. The van der Waals surface area contributed by atoms with Gasteiger partial charge in [0.2, 0.25) is 5.91 Å². The number of carboxylic acids is 1. The van der Waals surface area contributed by atoms with Gasteiger partial charge in [0.25, 0.3) is 0 Å². The highest BCUT2D eigenvalue weighted by Crippen LogP contribution is 2.37. The fraction of sp³-hybridized carbons (Fsp3) is 0.737. The molecule has 1 aromatic heterocycles. The number of aliphatic carboxylic acids is 1. The number of carbonyl (C=O) groups is 2. The van der Waals surface area contributed by atoms with E-state index in [4.69, 9.17) is 14.6 Å². The lowest BCUT2D eigenvalue weighted by Crippen LogP contribution is -2.62. The van der Waals surface area contributed by atoms with Gasteiger partial charge >= 0.3 is 12.1 Å². The van der Waals surface area contributed by atoms with Crippen LogP contribution >= 0.6 is 11.3 Å². The predicted molar refractivity (Wildman–Crippen MR) is 105 cm³/mol. The third-order valence-corrected chi connectivity index (χ3v) is 6.18. The molecule has 170 valence electrons. The van der Waals surface area contributed by atoms with E-state index in [2.05, 4.69) is 27.1 Å². The molecule has 11 heteroatoms. The van der Waals surface area contributed by atoms with Gasteiger partial charge < -0.3 is 14.7 Å². The minimum absolute atomic E-state index is 0.0111. The predicted octanol–water partition coefficient (Wildman–Crippen LogP) is 3.08. The van der Waals surface area contributed by atoms with Crippen molar-refractivity contribution in [2.45, 2.75) is 57.3 Å². The summed E-state index contributed by atoms with van der Waals surface area (Å²) in [4.78, 5) is 30.6. The number of amides is 1. The normalized spacial score (nSPS) is 22.7. The van der Waals surface area contributed by atoms with Crippen molar-refractivity contribution in [3.05, 3.63) is 16.1 Å². The van der Waals surface area contributed by atoms with E-state index in [1.807, 2.05) is 0 Å². The van der Waals surface area contributed by atoms with Gasteiger partial charge in [0.05, 0.1) is 22.8 Å². The second-order valence-electron chi connectivity index (χ2n) is 7.59. The first-order valence-electron chi connectivity index (χ1n) is 9.80. The van der Waals surface area contributed by atoms with Crippen molar-refractivity contribution in [1.82, 2.24) is 14.8 Å². The van der Waals surface area contributed by atoms with E-state index in [1.165, 1.54) is 0 Å². The molecule has 1 amide bonds. The number of halogens is 3. The van der Waals surface area contributed by atoms with Crippen LogP contribution in [0.15, 0.2) is 5.38 Å². The van der Waals surface area contributed by atoms with Crippen molar-refractivity contribution < 1.29 is 32.6 Å². The van der Waals surface area contributed by atoms with Crippen LogP contribution in [0, 0.1) is 6.92 Å². The van der Waals surface area contributed by atoms with Crippen LogP contribution in [0.2, 0.25) is 0 Å². The fourth-order valence-electron chi connectivity index (χ4n) is 4.12. The molecule has 0 aliphatic carbocycles. The summed E-state index contributed by atoms with van der Waals surface area (Å²) in [5.41, 5.74) is 1.17. The molecular weight excluding hydrogens is 423 g/mol. The van der Waals surface area contributed by atoms with E-state index in [1.54, 1.807) is 18.4 Å². The number of thiazole rings is 1. The summed E-state index contributed by atoms with van der Waals surface area (Å²) >= 11 is 1.71. The Hall–Kier alpha value is -1.72. The lowest BCUT2D eigenvalue weighted by Gasteiger charge is -2.52. The van der Waals surface area contributed by atoms with Crippen molar-refractivity contribution >= 4 is 23.2 Å².